The number of guanidine groups is 1. The highest BCUT2D eigenvalue weighted by atomic mass is 16.7. The Kier molecular flexibility index (Phi) is 7.55. The monoisotopic (exact) mass is 406 g/mol. The lowest BCUT2D eigenvalue weighted by molar-refractivity contribution is -0.191. The first kappa shape index (κ1) is 21.6. The molecule has 8 nitrogen and oxygen atoms in total. The second-order valence-corrected chi connectivity index (χ2v) is 8.23. The molecule has 0 aromatic carbocycles. The number of amides is 1. The predicted octanol–water partition coefficient (Wildman–Crippen LogP) is 1.77. The van der Waals surface area contributed by atoms with E-state index in [0.717, 1.165) is 43.8 Å². The number of likely N-dealkylation sites (N-methyl/N-ethyl adjacent to an activating group) is 1. The number of nitrogens with one attached hydrogen (secondary N) is 2. The molecular weight excluding hydrogens is 372 g/mol. The SMILES string of the molecule is CC1CCC2(CC1)OCC(CNC(=NCC(=O)N(C)C)NCCc1ccco1)O2. The largest absolute Gasteiger partial charge is 0.469 e. The molecule has 29 heavy (non-hydrogen) atoms. The second kappa shape index (κ2) is 10.1. The summed E-state index contributed by atoms with van der Waals surface area (Å²) in [5, 5.41) is 6.56. The molecule has 1 aromatic rings. The normalized spacial score (nSPS) is 27.2. The van der Waals surface area contributed by atoms with Gasteiger partial charge in [-0.3, -0.25) is 4.79 Å². The number of ether oxygens (including phenoxy) is 2. The summed E-state index contributed by atoms with van der Waals surface area (Å²) in [6.45, 7) is 4.19. The van der Waals surface area contributed by atoms with Crippen LogP contribution in [-0.2, 0) is 20.7 Å². The van der Waals surface area contributed by atoms with E-state index in [1.807, 2.05) is 12.1 Å². The van der Waals surface area contributed by atoms with E-state index in [9.17, 15) is 4.79 Å². The first-order valence-electron chi connectivity index (χ1n) is 10.5. The fourth-order valence-electron chi connectivity index (χ4n) is 3.61. The Balaban J connectivity index is 1.49. The molecule has 1 amide bonds. The van der Waals surface area contributed by atoms with E-state index in [2.05, 4.69) is 22.5 Å². The minimum Gasteiger partial charge on any atom is -0.469 e. The van der Waals surface area contributed by atoms with Crippen molar-refractivity contribution >= 4 is 11.9 Å². The lowest BCUT2D eigenvalue weighted by Gasteiger charge is -2.34. The Morgan fingerprint density at radius 2 is 2.10 bits per heavy atom. The van der Waals surface area contributed by atoms with Crippen LogP contribution in [0.1, 0.15) is 38.4 Å². The third kappa shape index (κ3) is 6.47. The number of hydrogen-bond acceptors (Lipinski definition) is 5. The van der Waals surface area contributed by atoms with Gasteiger partial charge in [-0.25, -0.2) is 4.99 Å². The number of aliphatic imine (C=N–C) groups is 1. The number of nitrogens with zero attached hydrogens (tertiary/aromatic N) is 2. The number of carbonyl (C=O) groups excluding carboxylic acids is 1. The molecule has 1 saturated heterocycles. The van der Waals surface area contributed by atoms with Gasteiger partial charge in [0.05, 0.1) is 12.9 Å². The van der Waals surface area contributed by atoms with Crippen LogP contribution in [0.3, 0.4) is 0 Å². The molecule has 1 aromatic heterocycles. The van der Waals surface area contributed by atoms with Gasteiger partial charge in [-0.15, -0.1) is 0 Å². The molecule has 1 spiro atoms. The molecule has 2 N–H and O–H groups in total. The maximum Gasteiger partial charge on any atom is 0.243 e. The van der Waals surface area contributed by atoms with Crippen LogP contribution in [0.2, 0.25) is 0 Å². The zero-order chi connectivity index (χ0) is 20.7. The quantitative estimate of drug-likeness (QED) is 0.530. The van der Waals surface area contributed by atoms with Crippen molar-refractivity contribution in [2.45, 2.75) is 50.9 Å². The van der Waals surface area contributed by atoms with E-state index in [-0.39, 0.29) is 18.6 Å². The summed E-state index contributed by atoms with van der Waals surface area (Å²) in [6, 6.07) is 3.81. The van der Waals surface area contributed by atoms with Gasteiger partial charge in [-0.05, 0) is 30.9 Å². The first-order chi connectivity index (χ1) is 14.0. The van der Waals surface area contributed by atoms with Gasteiger partial charge in [0.2, 0.25) is 5.91 Å². The number of furan rings is 1. The van der Waals surface area contributed by atoms with Crippen molar-refractivity contribution in [3.63, 3.8) is 0 Å². The van der Waals surface area contributed by atoms with E-state index in [1.165, 1.54) is 4.90 Å². The molecular formula is C21H34N4O4. The number of carbonyl (C=O) groups is 1. The smallest absolute Gasteiger partial charge is 0.243 e. The van der Waals surface area contributed by atoms with Crippen LogP contribution in [0.15, 0.2) is 27.8 Å². The number of rotatable bonds is 7. The fourth-order valence-corrected chi connectivity index (χ4v) is 3.61. The maximum atomic E-state index is 11.9. The third-order valence-corrected chi connectivity index (χ3v) is 5.56. The van der Waals surface area contributed by atoms with Gasteiger partial charge in [-0.1, -0.05) is 6.92 Å². The summed E-state index contributed by atoms with van der Waals surface area (Å²) >= 11 is 0. The minimum absolute atomic E-state index is 0.0231. The standard InChI is InChI=1S/C21H34N4O4/c1-16-6-9-21(10-7-16)28-15-18(29-21)13-23-20(24-14-19(26)25(2)3)22-11-8-17-5-4-12-27-17/h4-5,12,16,18H,6-11,13-15H2,1-3H3,(H2,22,23,24). The minimum atomic E-state index is -0.399. The van der Waals surface area contributed by atoms with Crippen molar-refractivity contribution in [2.24, 2.45) is 10.9 Å². The molecule has 162 valence electrons. The lowest BCUT2D eigenvalue weighted by Crippen LogP contribution is -2.44. The predicted molar refractivity (Wildman–Crippen MR) is 111 cm³/mol. The second-order valence-electron chi connectivity index (χ2n) is 8.23. The van der Waals surface area contributed by atoms with E-state index >= 15 is 0 Å². The molecule has 2 heterocycles. The van der Waals surface area contributed by atoms with Crippen molar-refractivity contribution in [3.8, 4) is 0 Å². The van der Waals surface area contributed by atoms with Gasteiger partial charge in [0.1, 0.15) is 18.4 Å². The maximum absolute atomic E-state index is 11.9. The lowest BCUT2D eigenvalue weighted by atomic mass is 9.86. The van der Waals surface area contributed by atoms with E-state index < -0.39 is 5.79 Å². The molecule has 2 fully saturated rings. The third-order valence-electron chi connectivity index (χ3n) is 5.56. The highest BCUT2D eigenvalue weighted by molar-refractivity contribution is 5.84. The molecule has 8 heteroatoms. The summed E-state index contributed by atoms with van der Waals surface area (Å²) in [7, 11) is 3.45. The van der Waals surface area contributed by atoms with Crippen LogP contribution >= 0.6 is 0 Å². The van der Waals surface area contributed by atoms with Crippen molar-refractivity contribution in [2.75, 3.05) is 40.3 Å². The molecule has 1 aliphatic carbocycles. The summed E-state index contributed by atoms with van der Waals surface area (Å²) < 4.78 is 17.7. The van der Waals surface area contributed by atoms with Gasteiger partial charge in [-0.2, -0.15) is 0 Å². The molecule has 0 radical (unpaired) electrons. The van der Waals surface area contributed by atoms with Gasteiger partial charge in [0, 0.05) is 46.4 Å². The van der Waals surface area contributed by atoms with Crippen LogP contribution in [0, 0.1) is 5.92 Å². The van der Waals surface area contributed by atoms with E-state index in [1.54, 1.807) is 20.4 Å². The van der Waals surface area contributed by atoms with Crippen LogP contribution < -0.4 is 10.6 Å². The molecule has 1 unspecified atom stereocenters. The Hall–Kier alpha value is -2.06. The van der Waals surface area contributed by atoms with E-state index in [4.69, 9.17) is 13.9 Å². The van der Waals surface area contributed by atoms with Gasteiger partial charge in [0.25, 0.3) is 0 Å². The first-order valence-corrected chi connectivity index (χ1v) is 10.5. The summed E-state index contributed by atoms with van der Waals surface area (Å²) in [4.78, 5) is 17.8. The Morgan fingerprint density at radius 1 is 1.31 bits per heavy atom. The van der Waals surface area contributed by atoms with E-state index in [0.29, 0.717) is 25.7 Å². The zero-order valence-corrected chi connectivity index (χ0v) is 17.8. The van der Waals surface area contributed by atoms with Crippen molar-refractivity contribution in [1.29, 1.82) is 0 Å². The Morgan fingerprint density at radius 3 is 2.79 bits per heavy atom. The summed E-state index contributed by atoms with van der Waals surface area (Å²) in [5.41, 5.74) is 0. The molecule has 1 aliphatic heterocycles. The number of hydrogen-bond donors (Lipinski definition) is 2. The molecule has 1 saturated carbocycles. The highest BCUT2D eigenvalue weighted by Gasteiger charge is 2.43. The van der Waals surface area contributed by atoms with Gasteiger partial charge < -0.3 is 29.4 Å². The van der Waals surface area contributed by atoms with Crippen LogP contribution in [0.4, 0.5) is 0 Å². The Bertz CT molecular complexity index is 666. The van der Waals surface area contributed by atoms with Crippen molar-refractivity contribution < 1.29 is 18.7 Å². The average Bonchev–Trinajstić information content (AvgIpc) is 3.36. The summed E-state index contributed by atoms with van der Waals surface area (Å²) in [6.07, 6.45) is 6.60. The van der Waals surface area contributed by atoms with Crippen molar-refractivity contribution in [3.05, 3.63) is 24.2 Å². The van der Waals surface area contributed by atoms with Crippen LogP contribution in [-0.4, -0.2) is 69.0 Å². The molecule has 1 atom stereocenters. The summed E-state index contributed by atoms with van der Waals surface area (Å²) in [5.74, 6) is 1.80. The van der Waals surface area contributed by atoms with Gasteiger partial charge in [0.15, 0.2) is 11.7 Å². The van der Waals surface area contributed by atoms with Gasteiger partial charge >= 0.3 is 0 Å². The average molecular weight is 407 g/mol. The van der Waals surface area contributed by atoms with Crippen molar-refractivity contribution in [1.82, 2.24) is 15.5 Å². The molecule has 3 rings (SSSR count). The zero-order valence-electron chi connectivity index (χ0n) is 17.8. The highest BCUT2D eigenvalue weighted by Crippen LogP contribution is 2.39. The van der Waals surface area contributed by atoms with Crippen LogP contribution in [0.5, 0.6) is 0 Å². The molecule has 2 aliphatic rings. The Labute approximate surface area is 173 Å². The topological polar surface area (TPSA) is 88.3 Å². The fraction of sp³-hybridized carbons (Fsp3) is 0.714. The van der Waals surface area contributed by atoms with Crippen LogP contribution in [0.25, 0.3) is 0 Å². The molecule has 0 bridgehead atoms.